The summed E-state index contributed by atoms with van der Waals surface area (Å²) >= 11 is 0. The highest BCUT2D eigenvalue weighted by Gasteiger charge is 2.05. The van der Waals surface area contributed by atoms with Crippen LogP contribution in [0.1, 0.15) is 11.1 Å². The summed E-state index contributed by atoms with van der Waals surface area (Å²) in [6, 6.07) is 14.2. The molecule has 120 valence electrons. The smallest absolute Gasteiger partial charge is 0.122 e. The molecule has 2 aromatic carbocycles. The molecule has 0 amide bonds. The summed E-state index contributed by atoms with van der Waals surface area (Å²) in [5.41, 5.74) is 3.61. The van der Waals surface area contributed by atoms with Gasteiger partial charge in [-0.25, -0.2) is 0 Å². The van der Waals surface area contributed by atoms with Crippen molar-refractivity contribution in [3.63, 3.8) is 0 Å². The van der Waals surface area contributed by atoms with Crippen molar-refractivity contribution in [3.8, 4) is 11.5 Å². The van der Waals surface area contributed by atoms with Crippen LogP contribution in [0.3, 0.4) is 0 Å². The van der Waals surface area contributed by atoms with E-state index in [1.165, 1.54) is 16.5 Å². The molecule has 1 aromatic heterocycles. The van der Waals surface area contributed by atoms with E-state index >= 15 is 0 Å². The summed E-state index contributed by atoms with van der Waals surface area (Å²) in [5, 5.41) is 4.70. The van der Waals surface area contributed by atoms with Gasteiger partial charge in [-0.05, 0) is 48.4 Å². The van der Waals surface area contributed by atoms with Crippen molar-refractivity contribution in [2.45, 2.75) is 13.0 Å². The van der Waals surface area contributed by atoms with Crippen LogP contribution >= 0.6 is 0 Å². The number of aromatic amines is 1. The second-order valence-electron chi connectivity index (χ2n) is 5.46. The summed E-state index contributed by atoms with van der Waals surface area (Å²) in [7, 11) is 3.41. The Balaban J connectivity index is 1.60. The van der Waals surface area contributed by atoms with E-state index in [4.69, 9.17) is 9.47 Å². The average Bonchev–Trinajstić information content (AvgIpc) is 3.01. The van der Waals surface area contributed by atoms with Gasteiger partial charge in [-0.3, -0.25) is 0 Å². The fraction of sp³-hybridized carbons (Fsp3) is 0.263. The molecule has 4 heteroatoms. The molecule has 0 radical (unpaired) electrons. The molecule has 3 rings (SSSR count). The van der Waals surface area contributed by atoms with Gasteiger partial charge in [0, 0.05) is 23.6 Å². The lowest BCUT2D eigenvalue weighted by molar-refractivity contribution is 0.409. The molecular formula is C19H22N2O2. The van der Waals surface area contributed by atoms with Crippen LogP contribution in [0.2, 0.25) is 0 Å². The first-order valence-corrected chi connectivity index (χ1v) is 7.78. The highest BCUT2D eigenvalue weighted by Crippen LogP contribution is 2.23. The Hall–Kier alpha value is -2.46. The molecular weight excluding hydrogens is 288 g/mol. The fourth-order valence-electron chi connectivity index (χ4n) is 2.79. The number of para-hydroxylation sites is 1. The molecule has 0 spiro atoms. The largest absolute Gasteiger partial charge is 0.497 e. The second-order valence-corrected chi connectivity index (χ2v) is 5.46. The zero-order valence-electron chi connectivity index (χ0n) is 13.6. The molecule has 23 heavy (non-hydrogen) atoms. The van der Waals surface area contributed by atoms with Crippen molar-refractivity contribution in [2.75, 3.05) is 20.8 Å². The minimum absolute atomic E-state index is 0.822. The van der Waals surface area contributed by atoms with E-state index in [1.807, 2.05) is 30.3 Å². The first-order chi connectivity index (χ1) is 11.3. The van der Waals surface area contributed by atoms with Crippen LogP contribution < -0.4 is 14.8 Å². The van der Waals surface area contributed by atoms with E-state index in [9.17, 15) is 0 Å². The Labute approximate surface area is 136 Å². The topological polar surface area (TPSA) is 46.3 Å². The minimum atomic E-state index is 0.822. The number of aromatic nitrogens is 1. The van der Waals surface area contributed by atoms with Crippen molar-refractivity contribution in [1.82, 2.24) is 10.3 Å². The van der Waals surface area contributed by atoms with Gasteiger partial charge in [0.1, 0.15) is 11.5 Å². The zero-order chi connectivity index (χ0) is 16.1. The van der Waals surface area contributed by atoms with Gasteiger partial charge < -0.3 is 19.8 Å². The number of H-pyrrole nitrogens is 1. The lowest BCUT2D eigenvalue weighted by Crippen LogP contribution is -2.16. The fourth-order valence-corrected chi connectivity index (χ4v) is 2.79. The summed E-state index contributed by atoms with van der Waals surface area (Å²) in [5.74, 6) is 1.83. The van der Waals surface area contributed by atoms with Crippen LogP contribution in [-0.2, 0) is 13.0 Å². The standard InChI is InChI=1S/C19H22N2O2/c1-22-16-7-8-18-17(11-16)15(13-21-18)12-20-10-9-14-5-3-4-6-19(14)23-2/h3-8,11,13,20-21H,9-10,12H2,1-2H3. The molecule has 4 nitrogen and oxygen atoms in total. The molecule has 2 N–H and O–H groups in total. The predicted molar refractivity (Wildman–Crippen MR) is 93.3 cm³/mol. The third-order valence-electron chi connectivity index (χ3n) is 4.05. The lowest BCUT2D eigenvalue weighted by Gasteiger charge is -2.09. The molecule has 0 saturated heterocycles. The van der Waals surface area contributed by atoms with Gasteiger partial charge in [-0.15, -0.1) is 0 Å². The molecule has 0 aliphatic carbocycles. The number of ether oxygens (including phenoxy) is 2. The van der Waals surface area contributed by atoms with E-state index in [0.717, 1.165) is 36.5 Å². The molecule has 1 heterocycles. The Morgan fingerprint density at radius 2 is 1.87 bits per heavy atom. The quantitative estimate of drug-likeness (QED) is 0.656. The Morgan fingerprint density at radius 3 is 2.70 bits per heavy atom. The zero-order valence-corrected chi connectivity index (χ0v) is 13.6. The maximum atomic E-state index is 5.38. The Bertz CT molecular complexity index is 780. The number of hydrogen-bond acceptors (Lipinski definition) is 3. The van der Waals surface area contributed by atoms with Crippen molar-refractivity contribution in [1.29, 1.82) is 0 Å². The number of rotatable bonds is 7. The van der Waals surface area contributed by atoms with Crippen molar-refractivity contribution < 1.29 is 9.47 Å². The highest BCUT2D eigenvalue weighted by molar-refractivity contribution is 5.84. The number of methoxy groups -OCH3 is 2. The van der Waals surface area contributed by atoms with Gasteiger partial charge in [0.2, 0.25) is 0 Å². The molecule has 0 saturated carbocycles. The minimum Gasteiger partial charge on any atom is -0.497 e. The van der Waals surface area contributed by atoms with Gasteiger partial charge in [0.05, 0.1) is 14.2 Å². The third kappa shape index (κ3) is 3.48. The van der Waals surface area contributed by atoms with E-state index in [1.54, 1.807) is 14.2 Å². The van der Waals surface area contributed by atoms with Gasteiger partial charge in [-0.2, -0.15) is 0 Å². The molecule has 0 bridgehead atoms. The van der Waals surface area contributed by atoms with Gasteiger partial charge in [-0.1, -0.05) is 18.2 Å². The highest BCUT2D eigenvalue weighted by atomic mass is 16.5. The predicted octanol–water partition coefficient (Wildman–Crippen LogP) is 3.52. The van der Waals surface area contributed by atoms with Gasteiger partial charge in [0.25, 0.3) is 0 Å². The van der Waals surface area contributed by atoms with Crippen LogP contribution in [0.25, 0.3) is 10.9 Å². The maximum Gasteiger partial charge on any atom is 0.122 e. The SMILES string of the molecule is COc1ccc2[nH]cc(CNCCc3ccccc3OC)c2c1. The van der Waals surface area contributed by atoms with Crippen LogP contribution in [-0.4, -0.2) is 25.7 Å². The average molecular weight is 310 g/mol. The normalized spacial score (nSPS) is 10.9. The summed E-state index contributed by atoms with van der Waals surface area (Å²) in [6.07, 6.45) is 3.00. The number of hydrogen-bond donors (Lipinski definition) is 2. The molecule has 0 aliphatic heterocycles. The molecule has 0 atom stereocenters. The van der Waals surface area contributed by atoms with E-state index in [2.05, 4.69) is 28.6 Å². The Kier molecular flexibility index (Phi) is 4.83. The van der Waals surface area contributed by atoms with Crippen molar-refractivity contribution >= 4 is 10.9 Å². The molecule has 0 fully saturated rings. The van der Waals surface area contributed by atoms with E-state index in [-0.39, 0.29) is 0 Å². The maximum absolute atomic E-state index is 5.38. The van der Waals surface area contributed by atoms with Crippen LogP contribution in [0.4, 0.5) is 0 Å². The number of fused-ring (bicyclic) bond motifs is 1. The monoisotopic (exact) mass is 310 g/mol. The van der Waals surface area contributed by atoms with Crippen molar-refractivity contribution in [3.05, 3.63) is 59.8 Å². The van der Waals surface area contributed by atoms with E-state index in [0.29, 0.717) is 0 Å². The number of benzene rings is 2. The summed E-state index contributed by atoms with van der Waals surface area (Å²) in [6.45, 7) is 1.72. The van der Waals surface area contributed by atoms with E-state index < -0.39 is 0 Å². The second kappa shape index (κ2) is 7.20. The summed E-state index contributed by atoms with van der Waals surface area (Å²) in [4.78, 5) is 3.30. The van der Waals surface area contributed by atoms with Crippen LogP contribution in [0.5, 0.6) is 11.5 Å². The third-order valence-corrected chi connectivity index (χ3v) is 4.05. The van der Waals surface area contributed by atoms with Crippen molar-refractivity contribution in [2.24, 2.45) is 0 Å². The Morgan fingerprint density at radius 1 is 1.00 bits per heavy atom. The molecule has 0 unspecified atom stereocenters. The van der Waals surface area contributed by atoms with Crippen LogP contribution in [0.15, 0.2) is 48.7 Å². The van der Waals surface area contributed by atoms with Crippen LogP contribution in [0, 0.1) is 0 Å². The number of nitrogens with one attached hydrogen (secondary N) is 2. The molecule has 3 aromatic rings. The lowest BCUT2D eigenvalue weighted by atomic mass is 10.1. The molecule has 0 aliphatic rings. The first kappa shape index (κ1) is 15.4. The first-order valence-electron chi connectivity index (χ1n) is 7.78. The van der Waals surface area contributed by atoms with Gasteiger partial charge in [0.15, 0.2) is 0 Å². The van der Waals surface area contributed by atoms with Gasteiger partial charge >= 0.3 is 0 Å². The summed E-state index contributed by atoms with van der Waals surface area (Å²) < 4.78 is 10.7.